The number of aryl methyl sites for hydroxylation is 1. The Morgan fingerprint density at radius 1 is 1.53 bits per heavy atom. The number of nitrogens with zero attached hydrogens (tertiary/aromatic N) is 2. The van der Waals surface area contributed by atoms with E-state index in [1.54, 1.807) is 25.3 Å². The standard InChI is InChI=1S/C10H8BrN3O3/c1-5-8(13-10(15)16)9(17-14-5)7-3-2-6(11)4-12-7/h2-4,13H,1H3,(H,15,16). The Kier molecular flexibility index (Phi) is 3.10. The molecule has 2 rings (SSSR count). The van der Waals surface area contributed by atoms with Crippen molar-refractivity contribution in [3.05, 3.63) is 28.5 Å². The minimum absolute atomic E-state index is 0.303. The van der Waals surface area contributed by atoms with Crippen molar-refractivity contribution in [1.82, 2.24) is 10.1 Å². The van der Waals surface area contributed by atoms with Gasteiger partial charge in [-0.3, -0.25) is 10.3 Å². The summed E-state index contributed by atoms with van der Waals surface area (Å²) in [6, 6.07) is 3.49. The summed E-state index contributed by atoms with van der Waals surface area (Å²) in [6.45, 7) is 1.65. The van der Waals surface area contributed by atoms with Crippen LogP contribution in [-0.4, -0.2) is 21.3 Å². The van der Waals surface area contributed by atoms with Gasteiger partial charge < -0.3 is 9.63 Å². The third-order valence-corrected chi connectivity index (χ3v) is 2.52. The van der Waals surface area contributed by atoms with Gasteiger partial charge in [-0.15, -0.1) is 0 Å². The topological polar surface area (TPSA) is 88.3 Å². The second-order valence-electron chi connectivity index (χ2n) is 3.26. The second kappa shape index (κ2) is 4.54. The molecule has 2 aromatic heterocycles. The molecule has 2 heterocycles. The van der Waals surface area contributed by atoms with Crippen LogP contribution in [0.25, 0.3) is 11.5 Å². The number of rotatable bonds is 2. The van der Waals surface area contributed by atoms with E-state index in [0.717, 1.165) is 4.47 Å². The molecule has 0 saturated heterocycles. The predicted molar refractivity (Wildman–Crippen MR) is 63.8 cm³/mol. The summed E-state index contributed by atoms with van der Waals surface area (Å²) in [5.74, 6) is 0.303. The molecule has 7 heteroatoms. The maximum atomic E-state index is 10.6. The van der Waals surface area contributed by atoms with Crippen molar-refractivity contribution < 1.29 is 14.4 Å². The van der Waals surface area contributed by atoms with Crippen LogP contribution in [0.5, 0.6) is 0 Å². The summed E-state index contributed by atoms with van der Waals surface area (Å²) in [5, 5.41) is 14.7. The van der Waals surface area contributed by atoms with E-state index in [0.29, 0.717) is 22.8 Å². The van der Waals surface area contributed by atoms with Gasteiger partial charge in [0.2, 0.25) is 5.76 Å². The lowest BCUT2D eigenvalue weighted by Gasteiger charge is -2.01. The Morgan fingerprint density at radius 3 is 2.88 bits per heavy atom. The molecule has 0 aliphatic carbocycles. The highest BCUT2D eigenvalue weighted by atomic mass is 79.9. The van der Waals surface area contributed by atoms with E-state index in [1.807, 2.05) is 0 Å². The molecule has 0 atom stereocenters. The maximum absolute atomic E-state index is 10.6. The Balaban J connectivity index is 2.45. The number of hydrogen-bond donors (Lipinski definition) is 2. The van der Waals surface area contributed by atoms with E-state index in [9.17, 15) is 4.79 Å². The van der Waals surface area contributed by atoms with Crippen LogP contribution in [-0.2, 0) is 0 Å². The fraction of sp³-hybridized carbons (Fsp3) is 0.100. The Bertz CT molecular complexity index is 550. The number of anilines is 1. The second-order valence-corrected chi connectivity index (χ2v) is 4.18. The molecular weight excluding hydrogens is 290 g/mol. The average molecular weight is 298 g/mol. The summed E-state index contributed by atoms with van der Waals surface area (Å²) in [4.78, 5) is 14.8. The summed E-state index contributed by atoms with van der Waals surface area (Å²) < 4.78 is 5.89. The van der Waals surface area contributed by atoms with Crippen molar-refractivity contribution in [2.24, 2.45) is 0 Å². The van der Waals surface area contributed by atoms with Crippen LogP contribution >= 0.6 is 15.9 Å². The zero-order chi connectivity index (χ0) is 12.4. The zero-order valence-corrected chi connectivity index (χ0v) is 10.4. The number of halogens is 1. The molecule has 17 heavy (non-hydrogen) atoms. The number of hydrogen-bond acceptors (Lipinski definition) is 4. The highest BCUT2D eigenvalue weighted by Gasteiger charge is 2.17. The Hall–Kier alpha value is -1.89. The molecule has 0 radical (unpaired) electrons. The van der Waals surface area contributed by atoms with Gasteiger partial charge in [0.05, 0.1) is 0 Å². The van der Waals surface area contributed by atoms with Crippen LogP contribution in [0.15, 0.2) is 27.3 Å². The van der Waals surface area contributed by atoms with E-state index in [2.05, 4.69) is 31.4 Å². The quantitative estimate of drug-likeness (QED) is 0.890. The van der Waals surface area contributed by atoms with Crippen molar-refractivity contribution in [1.29, 1.82) is 0 Å². The molecule has 6 nitrogen and oxygen atoms in total. The van der Waals surface area contributed by atoms with Crippen molar-refractivity contribution >= 4 is 27.7 Å². The number of carbonyl (C=O) groups is 1. The van der Waals surface area contributed by atoms with E-state index < -0.39 is 6.09 Å². The molecule has 2 aromatic rings. The van der Waals surface area contributed by atoms with Gasteiger partial charge in [-0.1, -0.05) is 5.16 Å². The number of aromatic nitrogens is 2. The summed E-state index contributed by atoms with van der Waals surface area (Å²) in [7, 11) is 0. The van der Waals surface area contributed by atoms with Gasteiger partial charge in [0.15, 0.2) is 0 Å². The summed E-state index contributed by atoms with van der Waals surface area (Å²) in [5.41, 5.74) is 1.29. The van der Waals surface area contributed by atoms with Crippen molar-refractivity contribution in [2.75, 3.05) is 5.32 Å². The molecule has 1 amide bonds. The molecule has 0 aromatic carbocycles. The van der Waals surface area contributed by atoms with Crippen LogP contribution in [0.3, 0.4) is 0 Å². The third kappa shape index (κ3) is 2.44. The average Bonchev–Trinajstić information content (AvgIpc) is 2.61. The minimum atomic E-state index is -1.17. The van der Waals surface area contributed by atoms with Gasteiger partial charge in [-0.25, -0.2) is 4.79 Å². The van der Waals surface area contributed by atoms with Crippen LogP contribution in [0.1, 0.15) is 5.69 Å². The molecule has 0 spiro atoms. The van der Waals surface area contributed by atoms with Crippen LogP contribution in [0, 0.1) is 6.92 Å². The van der Waals surface area contributed by atoms with Gasteiger partial charge >= 0.3 is 6.09 Å². The first-order chi connectivity index (χ1) is 8.08. The van der Waals surface area contributed by atoms with Gasteiger partial charge in [0.25, 0.3) is 0 Å². The largest absolute Gasteiger partial charge is 0.465 e. The Morgan fingerprint density at radius 2 is 2.29 bits per heavy atom. The first-order valence-electron chi connectivity index (χ1n) is 4.66. The Labute approximate surface area is 105 Å². The molecular formula is C10H8BrN3O3. The highest BCUT2D eigenvalue weighted by Crippen LogP contribution is 2.29. The number of carboxylic acid groups (broad SMARTS) is 1. The number of pyridine rings is 1. The van der Waals surface area contributed by atoms with Crippen molar-refractivity contribution in [3.8, 4) is 11.5 Å². The van der Waals surface area contributed by atoms with Crippen LogP contribution in [0.2, 0.25) is 0 Å². The molecule has 0 fully saturated rings. The lowest BCUT2D eigenvalue weighted by Crippen LogP contribution is -2.08. The van der Waals surface area contributed by atoms with Crippen LogP contribution < -0.4 is 5.32 Å². The van der Waals surface area contributed by atoms with Crippen LogP contribution in [0.4, 0.5) is 10.5 Å². The minimum Gasteiger partial charge on any atom is -0.465 e. The molecule has 0 aliphatic heterocycles. The number of nitrogens with one attached hydrogen (secondary N) is 1. The predicted octanol–water partition coefficient (Wildman–Crippen LogP) is 2.90. The molecule has 88 valence electrons. The van der Waals surface area contributed by atoms with Crippen molar-refractivity contribution in [2.45, 2.75) is 6.92 Å². The smallest absolute Gasteiger partial charge is 0.409 e. The fourth-order valence-corrected chi connectivity index (χ4v) is 1.54. The molecule has 0 aliphatic rings. The van der Waals surface area contributed by atoms with Crippen molar-refractivity contribution in [3.63, 3.8) is 0 Å². The molecule has 0 unspecified atom stereocenters. The molecule has 0 bridgehead atoms. The summed E-state index contributed by atoms with van der Waals surface area (Å²) >= 11 is 3.26. The fourth-order valence-electron chi connectivity index (χ4n) is 1.31. The third-order valence-electron chi connectivity index (χ3n) is 2.05. The number of amides is 1. The van der Waals surface area contributed by atoms with Gasteiger partial charge in [-0.05, 0) is 35.0 Å². The molecule has 2 N–H and O–H groups in total. The first-order valence-corrected chi connectivity index (χ1v) is 5.45. The van der Waals surface area contributed by atoms with E-state index in [4.69, 9.17) is 9.63 Å². The SMILES string of the molecule is Cc1noc(-c2ccc(Br)cn2)c1NC(=O)O. The van der Waals surface area contributed by atoms with Gasteiger partial charge in [-0.2, -0.15) is 0 Å². The molecule has 0 saturated carbocycles. The highest BCUT2D eigenvalue weighted by molar-refractivity contribution is 9.10. The van der Waals surface area contributed by atoms with E-state index >= 15 is 0 Å². The summed E-state index contributed by atoms with van der Waals surface area (Å²) in [6.07, 6.45) is 0.423. The lowest BCUT2D eigenvalue weighted by molar-refractivity contribution is 0.209. The van der Waals surface area contributed by atoms with E-state index in [-0.39, 0.29) is 0 Å². The maximum Gasteiger partial charge on any atom is 0.409 e. The lowest BCUT2D eigenvalue weighted by atomic mass is 10.2. The first kappa shape index (κ1) is 11.6. The van der Waals surface area contributed by atoms with E-state index in [1.165, 1.54) is 0 Å². The monoisotopic (exact) mass is 297 g/mol. The van der Waals surface area contributed by atoms with Gasteiger partial charge in [0.1, 0.15) is 17.1 Å². The zero-order valence-electron chi connectivity index (χ0n) is 8.77. The van der Waals surface area contributed by atoms with Gasteiger partial charge in [0, 0.05) is 10.7 Å². The normalized spacial score (nSPS) is 10.2.